The molecular formula is C13H19NO3. The first-order valence-corrected chi connectivity index (χ1v) is 6.04. The van der Waals surface area contributed by atoms with Gasteiger partial charge < -0.3 is 19.5 Å². The highest BCUT2D eigenvalue weighted by Crippen LogP contribution is 2.30. The number of nitrogens with zero attached hydrogens (tertiary/aromatic N) is 1. The first kappa shape index (κ1) is 12.2. The Morgan fingerprint density at radius 3 is 3.06 bits per heavy atom. The lowest BCUT2D eigenvalue weighted by atomic mass is 10.2. The van der Waals surface area contributed by atoms with E-state index in [1.807, 2.05) is 31.2 Å². The maximum atomic E-state index is 9.38. The third kappa shape index (κ3) is 2.70. The average Bonchev–Trinajstić information content (AvgIpc) is 2.40. The lowest BCUT2D eigenvalue weighted by molar-refractivity contribution is 0.0724. The molecular weight excluding hydrogens is 218 g/mol. The lowest BCUT2D eigenvalue weighted by Crippen LogP contribution is -2.47. The molecule has 0 aliphatic carbocycles. The molecule has 17 heavy (non-hydrogen) atoms. The van der Waals surface area contributed by atoms with Crippen LogP contribution in [0.2, 0.25) is 0 Å². The van der Waals surface area contributed by atoms with Crippen LogP contribution >= 0.6 is 0 Å². The minimum absolute atomic E-state index is 0.0188. The topological polar surface area (TPSA) is 41.9 Å². The summed E-state index contributed by atoms with van der Waals surface area (Å²) in [7, 11) is 0. The van der Waals surface area contributed by atoms with Crippen LogP contribution in [0.5, 0.6) is 5.75 Å². The van der Waals surface area contributed by atoms with Gasteiger partial charge in [-0.2, -0.15) is 0 Å². The van der Waals surface area contributed by atoms with Crippen LogP contribution in [-0.2, 0) is 4.74 Å². The third-order valence-corrected chi connectivity index (χ3v) is 2.91. The number of hydrogen-bond donors (Lipinski definition) is 1. The Bertz CT molecular complexity index is 356. The zero-order valence-corrected chi connectivity index (χ0v) is 10.1. The van der Waals surface area contributed by atoms with E-state index in [2.05, 4.69) is 4.90 Å². The molecule has 1 atom stereocenters. The molecule has 1 heterocycles. The summed E-state index contributed by atoms with van der Waals surface area (Å²) in [4.78, 5) is 2.16. The van der Waals surface area contributed by atoms with Crippen molar-refractivity contribution in [2.75, 3.05) is 37.9 Å². The summed E-state index contributed by atoms with van der Waals surface area (Å²) in [6.07, 6.45) is 0. The fraction of sp³-hybridized carbons (Fsp3) is 0.538. The van der Waals surface area contributed by atoms with E-state index in [9.17, 15) is 5.11 Å². The maximum Gasteiger partial charge on any atom is 0.142 e. The molecule has 1 aliphatic heterocycles. The Kier molecular flexibility index (Phi) is 4.23. The SMILES string of the molecule is CCOc1ccccc1N1CCOCC1CO. The van der Waals surface area contributed by atoms with E-state index in [4.69, 9.17) is 9.47 Å². The molecule has 0 aromatic heterocycles. The molecule has 0 radical (unpaired) electrons. The van der Waals surface area contributed by atoms with Crippen LogP contribution in [0.25, 0.3) is 0 Å². The Morgan fingerprint density at radius 1 is 1.47 bits per heavy atom. The van der Waals surface area contributed by atoms with Crippen LogP contribution in [0.1, 0.15) is 6.92 Å². The predicted octanol–water partition coefficient (Wildman–Crippen LogP) is 1.28. The van der Waals surface area contributed by atoms with Gasteiger partial charge in [0.1, 0.15) is 5.75 Å². The van der Waals surface area contributed by atoms with Crippen molar-refractivity contribution < 1.29 is 14.6 Å². The third-order valence-electron chi connectivity index (χ3n) is 2.91. The van der Waals surface area contributed by atoms with Crippen molar-refractivity contribution >= 4 is 5.69 Å². The van der Waals surface area contributed by atoms with Crippen molar-refractivity contribution in [3.05, 3.63) is 24.3 Å². The van der Waals surface area contributed by atoms with E-state index in [0.29, 0.717) is 19.8 Å². The van der Waals surface area contributed by atoms with Gasteiger partial charge in [-0.1, -0.05) is 12.1 Å². The molecule has 1 N–H and O–H groups in total. The van der Waals surface area contributed by atoms with Crippen molar-refractivity contribution in [3.8, 4) is 5.75 Å². The van der Waals surface area contributed by atoms with Gasteiger partial charge in [-0.25, -0.2) is 0 Å². The molecule has 4 nitrogen and oxygen atoms in total. The lowest BCUT2D eigenvalue weighted by Gasteiger charge is -2.37. The van der Waals surface area contributed by atoms with Gasteiger partial charge in [0.25, 0.3) is 0 Å². The van der Waals surface area contributed by atoms with Gasteiger partial charge in [-0.15, -0.1) is 0 Å². The van der Waals surface area contributed by atoms with Crippen LogP contribution in [0, 0.1) is 0 Å². The number of para-hydroxylation sites is 2. The highest BCUT2D eigenvalue weighted by atomic mass is 16.5. The van der Waals surface area contributed by atoms with Crippen LogP contribution < -0.4 is 9.64 Å². The molecule has 2 rings (SSSR count). The summed E-state index contributed by atoms with van der Waals surface area (Å²) in [5, 5.41) is 9.38. The zero-order chi connectivity index (χ0) is 12.1. The van der Waals surface area contributed by atoms with Crippen molar-refractivity contribution in [1.29, 1.82) is 0 Å². The molecule has 4 heteroatoms. The second kappa shape index (κ2) is 5.89. The summed E-state index contributed by atoms with van der Waals surface area (Å²) >= 11 is 0. The number of morpholine rings is 1. The smallest absolute Gasteiger partial charge is 0.142 e. The van der Waals surface area contributed by atoms with Crippen LogP contribution in [-0.4, -0.2) is 44.1 Å². The van der Waals surface area contributed by atoms with Crippen molar-refractivity contribution in [3.63, 3.8) is 0 Å². The second-order valence-corrected chi connectivity index (χ2v) is 4.01. The Hall–Kier alpha value is -1.26. The molecule has 1 saturated heterocycles. The molecule has 1 aromatic carbocycles. The van der Waals surface area contributed by atoms with Gasteiger partial charge in [-0.05, 0) is 19.1 Å². The molecule has 1 fully saturated rings. The van der Waals surface area contributed by atoms with Crippen molar-refractivity contribution in [1.82, 2.24) is 0 Å². The number of aliphatic hydroxyl groups excluding tert-OH is 1. The standard InChI is InChI=1S/C13H19NO3/c1-2-17-13-6-4-3-5-12(13)14-7-8-16-10-11(14)9-15/h3-6,11,15H,2,7-10H2,1H3. The van der Waals surface area contributed by atoms with Crippen LogP contribution in [0.4, 0.5) is 5.69 Å². The number of rotatable bonds is 4. The molecule has 1 aliphatic rings. The molecule has 1 aromatic rings. The molecule has 1 unspecified atom stereocenters. The fourth-order valence-corrected chi connectivity index (χ4v) is 2.10. The van der Waals surface area contributed by atoms with Crippen molar-refractivity contribution in [2.24, 2.45) is 0 Å². The van der Waals surface area contributed by atoms with Gasteiger partial charge in [-0.3, -0.25) is 0 Å². The van der Waals surface area contributed by atoms with Gasteiger partial charge in [0, 0.05) is 6.54 Å². The summed E-state index contributed by atoms with van der Waals surface area (Å²) in [6.45, 7) is 4.76. The quantitative estimate of drug-likeness (QED) is 0.856. The van der Waals surface area contributed by atoms with Crippen molar-refractivity contribution in [2.45, 2.75) is 13.0 Å². The fourth-order valence-electron chi connectivity index (χ4n) is 2.10. The number of aliphatic hydroxyl groups is 1. The van der Waals surface area contributed by atoms with E-state index in [1.165, 1.54) is 0 Å². The molecule has 0 spiro atoms. The number of hydrogen-bond acceptors (Lipinski definition) is 4. The Labute approximate surface area is 102 Å². The Balaban J connectivity index is 2.24. The largest absolute Gasteiger partial charge is 0.492 e. The summed E-state index contributed by atoms with van der Waals surface area (Å²) in [5.74, 6) is 0.871. The summed E-state index contributed by atoms with van der Waals surface area (Å²) < 4.78 is 11.0. The highest BCUT2D eigenvalue weighted by molar-refractivity contribution is 5.59. The second-order valence-electron chi connectivity index (χ2n) is 4.01. The number of benzene rings is 1. The summed E-state index contributed by atoms with van der Waals surface area (Å²) in [5.41, 5.74) is 1.04. The summed E-state index contributed by atoms with van der Waals surface area (Å²) in [6, 6.07) is 7.96. The van der Waals surface area contributed by atoms with Gasteiger partial charge in [0.05, 0.1) is 38.2 Å². The van der Waals surface area contributed by atoms with Gasteiger partial charge in [0.15, 0.2) is 0 Å². The molecule has 0 amide bonds. The normalized spacial score (nSPS) is 20.4. The van der Waals surface area contributed by atoms with E-state index in [1.54, 1.807) is 0 Å². The first-order valence-electron chi connectivity index (χ1n) is 6.04. The average molecular weight is 237 g/mol. The van der Waals surface area contributed by atoms with Crippen LogP contribution in [0.15, 0.2) is 24.3 Å². The van der Waals surface area contributed by atoms with Gasteiger partial charge in [0.2, 0.25) is 0 Å². The first-order chi connectivity index (χ1) is 8.36. The van der Waals surface area contributed by atoms with E-state index in [0.717, 1.165) is 18.0 Å². The molecule has 94 valence electrons. The zero-order valence-electron chi connectivity index (χ0n) is 10.1. The predicted molar refractivity (Wildman–Crippen MR) is 66.6 cm³/mol. The Morgan fingerprint density at radius 2 is 2.29 bits per heavy atom. The minimum Gasteiger partial charge on any atom is -0.492 e. The molecule has 0 bridgehead atoms. The number of anilines is 1. The van der Waals surface area contributed by atoms with Crippen LogP contribution in [0.3, 0.4) is 0 Å². The van der Waals surface area contributed by atoms with E-state index in [-0.39, 0.29) is 12.6 Å². The highest BCUT2D eigenvalue weighted by Gasteiger charge is 2.24. The van der Waals surface area contributed by atoms with E-state index < -0.39 is 0 Å². The monoisotopic (exact) mass is 237 g/mol. The van der Waals surface area contributed by atoms with E-state index >= 15 is 0 Å². The number of ether oxygens (including phenoxy) is 2. The maximum absolute atomic E-state index is 9.38. The van der Waals surface area contributed by atoms with Gasteiger partial charge >= 0.3 is 0 Å². The minimum atomic E-state index is 0.0188. The molecule has 0 saturated carbocycles.